The monoisotopic (exact) mass is 887 g/mol. The van der Waals surface area contributed by atoms with E-state index in [0.29, 0.717) is 49.6 Å². The molecule has 2 N–H and O–H groups in total. The number of ether oxygens (including phenoxy) is 5. The van der Waals surface area contributed by atoms with Gasteiger partial charge in [-0.3, -0.25) is 9.42 Å². The summed E-state index contributed by atoms with van der Waals surface area (Å²) in [4.78, 5) is 28.1. The molecule has 2 saturated heterocycles. The number of hydrogen-bond donors (Lipinski definition) is 2. The van der Waals surface area contributed by atoms with Gasteiger partial charge in [0.2, 0.25) is 10.0 Å². The number of benzene rings is 3. The minimum absolute atomic E-state index is 0.0506. The summed E-state index contributed by atoms with van der Waals surface area (Å²) in [6.45, 7) is 8.76. The molecule has 6 rings (SSSR count). The zero-order chi connectivity index (χ0) is 43.7. The molecule has 0 radical (unpaired) electrons. The molecule has 3 aromatic carbocycles. The number of fused-ring (bicyclic) bond motifs is 2. The number of methoxy groups -OCH3 is 1. The van der Waals surface area contributed by atoms with Crippen LogP contribution in [-0.4, -0.2) is 119 Å². The van der Waals surface area contributed by atoms with Crippen molar-refractivity contribution in [1.29, 1.82) is 0 Å². The molecule has 0 aliphatic carbocycles. The molecule has 3 aromatic rings. The van der Waals surface area contributed by atoms with Gasteiger partial charge in [0, 0.05) is 32.7 Å². The van der Waals surface area contributed by atoms with Gasteiger partial charge in [0.1, 0.15) is 17.6 Å². The predicted molar refractivity (Wildman–Crippen MR) is 225 cm³/mol. The van der Waals surface area contributed by atoms with Crippen LogP contribution in [0.4, 0.5) is 4.79 Å². The van der Waals surface area contributed by atoms with Gasteiger partial charge in [0.05, 0.1) is 56.1 Å². The third-order valence-electron chi connectivity index (χ3n) is 10.8. The molecular formula is C43H58N3O13PS. The van der Waals surface area contributed by atoms with Crippen LogP contribution >= 0.6 is 7.60 Å². The summed E-state index contributed by atoms with van der Waals surface area (Å²) >= 11 is 0. The first-order valence-corrected chi connectivity index (χ1v) is 23.9. The van der Waals surface area contributed by atoms with E-state index in [4.69, 9.17) is 32.7 Å². The van der Waals surface area contributed by atoms with E-state index in [9.17, 15) is 27.7 Å². The molecule has 7 atom stereocenters. The quantitative estimate of drug-likeness (QED) is 0.109. The van der Waals surface area contributed by atoms with E-state index in [1.54, 1.807) is 49.4 Å². The zero-order valence-electron chi connectivity index (χ0n) is 35.3. The van der Waals surface area contributed by atoms with Gasteiger partial charge in [-0.15, -0.1) is 0 Å². The maximum atomic E-state index is 14.2. The summed E-state index contributed by atoms with van der Waals surface area (Å²) in [6, 6.07) is 19.5. The lowest BCUT2D eigenvalue weighted by molar-refractivity contribution is -0.150. The van der Waals surface area contributed by atoms with Crippen LogP contribution in [0.3, 0.4) is 0 Å². The van der Waals surface area contributed by atoms with E-state index in [-0.39, 0.29) is 55.7 Å². The van der Waals surface area contributed by atoms with E-state index in [2.05, 4.69) is 10.2 Å². The van der Waals surface area contributed by atoms with Gasteiger partial charge < -0.3 is 38.6 Å². The summed E-state index contributed by atoms with van der Waals surface area (Å²) < 4.78 is 82.6. The summed E-state index contributed by atoms with van der Waals surface area (Å²) in [5, 5.41) is 14.8. The number of rotatable bonds is 20. The molecule has 61 heavy (non-hydrogen) atoms. The molecule has 0 aromatic heterocycles. The summed E-state index contributed by atoms with van der Waals surface area (Å²) in [6.07, 6.45) is -3.00. The van der Waals surface area contributed by atoms with Crippen molar-refractivity contribution in [1.82, 2.24) is 14.5 Å². The zero-order valence-corrected chi connectivity index (χ0v) is 37.1. The van der Waals surface area contributed by atoms with Gasteiger partial charge in [0.25, 0.3) is 0 Å². The third kappa shape index (κ3) is 12.3. The number of carbonyl (C=O) groups excluding carboxylic acids is 2. The number of aliphatic hydroxyl groups excluding tert-OH is 1. The number of alkyl carbamates (subject to hydrolysis) is 1. The first-order chi connectivity index (χ1) is 29.2. The highest BCUT2D eigenvalue weighted by atomic mass is 32.2. The average Bonchev–Trinajstić information content (AvgIpc) is 3.85. The number of esters is 1. The highest BCUT2D eigenvalue weighted by molar-refractivity contribution is 7.89. The average molecular weight is 888 g/mol. The number of aliphatic hydroxyl groups is 1. The van der Waals surface area contributed by atoms with Gasteiger partial charge in [0.15, 0.2) is 12.4 Å². The van der Waals surface area contributed by atoms with Gasteiger partial charge >= 0.3 is 19.7 Å². The Labute approximate surface area is 358 Å². The van der Waals surface area contributed by atoms with Crippen molar-refractivity contribution in [3.05, 3.63) is 89.5 Å². The van der Waals surface area contributed by atoms with E-state index in [0.717, 1.165) is 11.1 Å². The molecule has 1 amide bonds. The van der Waals surface area contributed by atoms with E-state index in [1.165, 1.54) is 30.5 Å². The number of para-hydroxylation sites is 1. The largest absolute Gasteiger partial charge is 0.497 e. The highest BCUT2D eigenvalue weighted by Gasteiger charge is 2.44. The third-order valence-corrected chi connectivity index (χ3v) is 14.5. The van der Waals surface area contributed by atoms with Crippen LogP contribution in [0.1, 0.15) is 50.8 Å². The number of sulfonamides is 1. The minimum Gasteiger partial charge on any atom is -0.497 e. The van der Waals surface area contributed by atoms with Crippen LogP contribution in [0.25, 0.3) is 0 Å². The van der Waals surface area contributed by atoms with E-state index in [1.807, 2.05) is 32.0 Å². The molecule has 0 spiro atoms. The van der Waals surface area contributed by atoms with Crippen LogP contribution in [0.15, 0.2) is 77.7 Å². The summed E-state index contributed by atoms with van der Waals surface area (Å²) in [5.74, 6) is 0.0257. The van der Waals surface area contributed by atoms with Crippen LogP contribution in [0.5, 0.6) is 11.5 Å². The Morgan fingerprint density at radius 2 is 1.75 bits per heavy atom. The predicted octanol–water partition coefficient (Wildman–Crippen LogP) is 5.36. The Morgan fingerprint density at radius 3 is 2.46 bits per heavy atom. The fourth-order valence-corrected chi connectivity index (χ4v) is 11.2. The Morgan fingerprint density at radius 1 is 1.00 bits per heavy atom. The SMILES string of the molecule is CCOC(=O)[C@H](C)OP(=O)(Cc1ccc2c(c1)CCN(C[C@H](NC(=O)O[C@H]1CO[C@H]3OCC[C@H]31)[C@H](O)CN(CC(C)C)S(=O)(=O)c1ccc(OC)cc1)C2)Oc1ccccc1. The van der Waals surface area contributed by atoms with E-state index >= 15 is 0 Å². The van der Waals surface area contributed by atoms with Gasteiger partial charge in [-0.05, 0) is 85.7 Å². The molecule has 16 nitrogen and oxygen atoms in total. The normalized spacial score (nSPS) is 21.5. The number of carbonyl (C=O) groups is 2. The Hall–Kier alpha value is -4.06. The standard InChI is InChI=1S/C43H58N3O13PS/c1-6-54-41(48)30(4)58-60(50,59-35-10-8-7-9-11-35)28-31-12-13-33-24-45(20-18-32(33)22-31)25-38(44-43(49)57-40-27-56-42-37(40)19-21-55-42)39(47)26-46(23-29(2)3)61(51,52)36-16-14-34(53-5)15-17-36/h7-17,22,29-30,37-40,42,47H,6,18-21,23-28H2,1-5H3,(H,44,49)/t30-,37-,38-,39+,40-,42+,60?/m0/s1. The van der Waals surface area contributed by atoms with Gasteiger partial charge in [-0.2, -0.15) is 4.31 Å². The van der Waals surface area contributed by atoms with Crippen molar-refractivity contribution in [2.45, 2.75) is 88.8 Å². The molecule has 3 aliphatic rings. The smallest absolute Gasteiger partial charge is 0.407 e. The van der Waals surface area contributed by atoms with Crippen molar-refractivity contribution in [3.63, 3.8) is 0 Å². The van der Waals surface area contributed by atoms with Crippen molar-refractivity contribution < 1.29 is 60.4 Å². The van der Waals surface area contributed by atoms with Crippen LogP contribution in [-0.2, 0) is 62.0 Å². The number of amides is 1. The van der Waals surface area contributed by atoms with Gasteiger partial charge in [-0.1, -0.05) is 50.2 Å². The lowest BCUT2D eigenvalue weighted by Gasteiger charge is -2.35. The summed E-state index contributed by atoms with van der Waals surface area (Å²) in [7, 11) is -6.48. The van der Waals surface area contributed by atoms with Gasteiger partial charge in [-0.25, -0.2) is 22.6 Å². The topological polar surface area (TPSA) is 189 Å². The molecule has 3 heterocycles. The first-order valence-electron chi connectivity index (χ1n) is 20.7. The fourth-order valence-electron chi connectivity index (χ4n) is 7.74. The van der Waals surface area contributed by atoms with Crippen molar-refractivity contribution >= 4 is 29.7 Å². The minimum atomic E-state index is -4.06. The molecular weight excluding hydrogens is 830 g/mol. The first kappa shape index (κ1) is 46.4. The van der Waals surface area contributed by atoms with Crippen LogP contribution in [0, 0.1) is 11.8 Å². The summed E-state index contributed by atoms with van der Waals surface area (Å²) in [5.41, 5.74) is 2.67. The Balaban J connectivity index is 1.19. The lowest BCUT2D eigenvalue weighted by atomic mass is 9.97. The van der Waals surface area contributed by atoms with E-state index < -0.39 is 60.3 Å². The Kier molecular flexibility index (Phi) is 15.9. The molecule has 2 fully saturated rings. The number of nitrogens with zero attached hydrogens (tertiary/aromatic N) is 2. The van der Waals surface area contributed by atoms with Crippen molar-refractivity contribution in [2.75, 3.05) is 53.1 Å². The molecule has 18 heteroatoms. The van der Waals surface area contributed by atoms with Crippen molar-refractivity contribution in [3.8, 4) is 11.5 Å². The second-order valence-corrected chi connectivity index (χ2v) is 19.8. The number of nitrogens with one attached hydrogen (secondary N) is 1. The molecule has 0 bridgehead atoms. The molecule has 0 saturated carbocycles. The van der Waals surface area contributed by atoms with Crippen LogP contribution < -0.4 is 14.6 Å². The number of hydrogen-bond acceptors (Lipinski definition) is 14. The van der Waals surface area contributed by atoms with Crippen molar-refractivity contribution in [2.24, 2.45) is 11.8 Å². The molecule has 1 unspecified atom stereocenters. The second kappa shape index (κ2) is 20.9. The highest BCUT2D eigenvalue weighted by Crippen LogP contribution is 2.52. The van der Waals surface area contributed by atoms with Crippen LogP contribution in [0.2, 0.25) is 0 Å². The maximum Gasteiger partial charge on any atom is 0.407 e. The molecule has 334 valence electrons. The lowest BCUT2D eigenvalue weighted by Crippen LogP contribution is -2.55. The fraction of sp³-hybridized carbons (Fsp3) is 0.535. The molecule has 3 aliphatic heterocycles. The second-order valence-electron chi connectivity index (χ2n) is 15.9. The maximum absolute atomic E-state index is 14.2. The Bertz CT molecular complexity index is 2090.